The van der Waals surface area contributed by atoms with Gasteiger partial charge in [0.15, 0.2) is 40.4 Å². The highest BCUT2D eigenvalue weighted by Gasteiger charge is 2.75. The van der Waals surface area contributed by atoms with Crippen LogP contribution in [-0.2, 0) is 52.5 Å². The first-order valence-corrected chi connectivity index (χ1v) is 18.7. The van der Waals surface area contributed by atoms with Crippen LogP contribution in [0.1, 0.15) is 108 Å². The number of carbonyl (C=O) groups is 6. The first-order valence-electron chi connectivity index (χ1n) is 18.7. The molecule has 306 valence electrons. The molecule has 0 aromatic heterocycles. The van der Waals surface area contributed by atoms with Gasteiger partial charge in [-0.05, 0) is 77.0 Å². The fourth-order valence-electron chi connectivity index (χ4n) is 9.81. The molecule has 0 radical (unpaired) electrons. The monoisotopic (exact) mass is 778 g/mol. The average molecular weight is 779 g/mol. The molecule has 0 unspecified atom stereocenters. The van der Waals surface area contributed by atoms with Gasteiger partial charge in [-0.1, -0.05) is 19.4 Å². The summed E-state index contributed by atoms with van der Waals surface area (Å²) in [7, 11) is 0. The number of carbonyl (C=O) groups excluding carboxylic acids is 6. The minimum Gasteiger partial charge on any atom is -0.459 e. The van der Waals surface area contributed by atoms with Gasteiger partial charge in [-0.2, -0.15) is 0 Å². The number of fused-ring (bicyclic) bond motifs is 6. The summed E-state index contributed by atoms with van der Waals surface area (Å²) < 4.78 is 27.5. The van der Waals surface area contributed by atoms with E-state index in [9.17, 15) is 54.3 Å². The number of aliphatic hydroxyl groups excluding tert-OH is 1. The topological polar surface area (TPSA) is 250 Å². The predicted octanol–water partition coefficient (Wildman–Crippen LogP) is 1.19. The van der Waals surface area contributed by atoms with Crippen molar-refractivity contribution in [3.05, 3.63) is 22.3 Å². The summed E-state index contributed by atoms with van der Waals surface area (Å²) in [6.45, 7) is 15.3. The third-order valence-corrected chi connectivity index (χ3v) is 13.1. The predicted molar refractivity (Wildman–Crippen MR) is 187 cm³/mol. The van der Waals surface area contributed by atoms with Crippen LogP contribution in [0.5, 0.6) is 0 Å². The normalized spacial score (nSPS) is 44.5. The first-order chi connectivity index (χ1) is 25.1. The summed E-state index contributed by atoms with van der Waals surface area (Å²) in [4.78, 5) is 73.1. The zero-order valence-corrected chi connectivity index (χ0v) is 33.0. The Labute approximate surface area is 319 Å². The minimum atomic E-state index is -2.42. The third kappa shape index (κ3) is 6.22. The van der Waals surface area contributed by atoms with E-state index in [0.29, 0.717) is 18.4 Å². The van der Waals surface area contributed by atoms with Gasteiger partial charge in [-0.25, -0.2) is 9.59 Å². The molecule has 55 heavy (non-hydrogen) atoms. The molecule has 2 aliphatic heterocycles. The summed E-state index contributed by atoms with van der Waals surface area (Å²) in [6, 6.07) is 0. The molecule has 6 rings (SSSR count). The van der Waals surface area contributed by atoms with Gasteiger partial charge in [0.05, 0.1) is 6.10 Å². The highest BCUT2D eigenvalue weighted by atomic mass is 16.6. The Morgan fingerprint density at radius 3 is 1.78 bits per heavy atom. The lowest BCUT2D eigenvalue weighted by Crippen LogP contribution is -2.64. The molecule has 4 aliphatic carbocycles. The number of aliphatic hydroxyl groups is 5. The molecular weight excluding hydrogens is 724 g/mol. The lowest BCUT2D eigenvalue weighted by atomic mass is 9.75. The fraction of sp³-hybridized carbons (Fsp3) is 0.744. The van der Waals surface area contributed by atoms with E-state index < -0.39 is 93.8 Å². The van der Waals surface area contributed by atoms with E-state index in [2.05, 4.69) is 0 Å². The summed E-state index contributed by atoms with van der Waals surface area (Å²) in [5.41, 5.74) is -9.55. The second-order valence-electron chi connectivity index (χ2n) is 16.9. The van der Waals surface area contributed by atoms with E-state index in [1.54, 1.807) is 20.8 Å². The maximum Gasteiger partial charge on any atom is 0.341 e. The largest absolute Gasteiger partial charge is 0.459 e. The van der Waals surface area contributed by atoms with Gasteiger partial charge in [0.2, 0.25) is 0 Å². The highest BCUT2D eigenvalue weighted by molar-refractivity contribution is 6.00. The van der Waals surface area contributed by atoms with E-state index in [4.69, 9.17) is 23.7 Å². The molecule has 0 aromatic rings. The van der Waals surface area contributed by atoms with E-state index in [0.717, 1.165) is 19.4 Å². The SMILES string of the molecule is CC(=O)O[C@@]1(C)C[C@H](O)[C@@]2(O)[C@@H](OC(=O)[C@@]2(C)O)C2=C(C)[C@H](C)C[C@@H]21.CCCC(=O)O[C@H]1C[C@](C)(OC(C)=O)[C@H]2CC(=O)C(C)=C2[C@@H]2OC(=O)[C@@](C)(O)[C@@]12O. The van der Waals surface area contributed by atoms with Crippen molar-refractivity contribution in [2.75, 3.05) is 0 Å². The Hall–Kier alpha value is -3.70. The molecule has 2 heterocycles. The molecule has 4 fully saturated rings. The zero-order valence-electron chi connectivity index (χ0n) is 33.0. The zero-order chi connectivity index (χ0) is 41.6. The molecule has 16 heteroatoms. The Morgan fingerprint density at radius 1 is 0.782 bits per heavy atom. The molecular formula is C39H54O16. The van der Waals surface area contributed by atoms with Crippen molar-refractivity contribution in [2.45, 2.75) is 166 Å². The number of Topliss-reactive ketones (excluding diaryl/α,β-unsaturated/α-hetero) is 1. The van der Waals surface area contributed by atoms with Gasteiger partial charge in [0, 0.05) is 51.4 Å². The van der Waals surface area contributed by atoms with Crippen LogP contribution in [0.25, 0.3) is 0 Å². The average Bonchev–Trinajstić information content (AvgIpc) is 3.62. The van der Waals surface area contributed by atoms with E-state index in [1.165, 1.54) is 20.8 Å². The van der Waals surface area contributed by atoms with Crippen molar-refractivity contribution in [3.63, 3.8) is 0 Å². The number of rotatable bonds is 5. The number of hydrogen-bond donors (Lipinski definition) is 5. The van der Waals surface area contributed by atoms with Crippen molar-refractivity contribution in [3.8, 4) is 0 Å². The number of ketones is 1. The quantitative estimate of drug-likeness (QED) is 0.149. The molecule has 2 saturated carbocycles. The number of hydrogen-bond acceptors (Lipinski definition) is 16. The van der Waals surface area contributed by atoms with Gasteiger partial charge < -0.3 is 49.2 Å². The molecule has 13 atom stereocenters. The summed E-state index contributed by atoms with van der Waals surface area (Å²) in [5.74, 6) is -4.91. The lowest BCUT2D eigenvalue weighted by Gasteiger charge is -2.40. The van der Waals surface area contributed by atoms with E-state index in [1.807, 2.05) is 13.8 Å². The molecule has 6 aliphatic rings. The van der Waals surface area contributed by atoms with Gasteiger partial charge in [-0.3, -0.25) is 19.2 Å². The van der Waals surface area contributed by atoms with Crippen molar-refractivity contribution in [2.24, 2.45) is 17.8 Å². The molecule has 2 saturated heterocycles. The second kappa shape index (κ2) is 13.7. The molecule has 5 N–H and O–H groups in total. The lowest BCUT2D eigenvalue weighted by molar-refractivity contribution is -0.210. The van der Waals surface area contributed by atoms with Gasteiger partial charge >= 0.3 is 29.8 Å². The Morgan fingerprint density at radius 2 is 1.27 bits per heavy atom. The molecule has 0 aromatic carbocycles. The van der Waals surface area contributed by atoms with Crippen molar-refractivity contribution >= 4 is 35.6 Å². The molecule has 0 bridgehead atoms. The Balaban J connectivity index is 0.000000214. The number of ether oxygens (including phenoxy) is 5. The smallest absolute Gasteiger partial charge is 0.341 e. The van der Waals surface area contributed by atoms with Crippen LogP contribution in [0.4, 0.5) is 0 Å². The highest BCUT2D eigenvalue weighted by Crippen LogP contribution is 2.58. The van der Waals surface area contributed by atoms with Crippen molar-refractivity contribution in [1.29, 1.82) is 0 Å². The van der Waals surface area contributed by atoms with Crippen LogP contribution in [0.15, 0.2) is 22.3 Å². The standard InChI is InChI=1S/C21H28O9.C18H26O7/c1-6-7-15(24)28-14-9-19(4,30-11(3)22)12-8-13(23)10(2)16(12)17-21(14,27)20(5,26)18(25)29-17;1-8-6-11-13(9(8)2)14-18(23,17(5,22)15(21)24-14)12(20)7-16(11,4)25-10(3)19/h12,14,17,26-27H,6-9H2,1-5H3;8,11-12,14,20,22-23H,6-7H2,1-5H3/t12-,14-,17-,19-,20+,21+;8-,11+,12+,14+,16+,17-,18-/m01/s1. The van der Waals surface area contributed by atoms with Crippen LogP contribution >= 0.6 is 0 Å². The summed E-state index contributed by atoms with van der Waals surface area (Å²) in [5, 5.41) is 55.3. The van der Waals surface area contributed by atoms with Gasteiger partial charge in [0.25, 0.3) is 0 Å². The van der Waals surface area contributed by atoms with E-state index in [-0.39, 0.29) is 54.4 Å². The van der Waals surface area contributed by atoms with Crippen LogP contribution in [0.3, 0.4) is 0 Å². The fourth-order valence-corrected chi connectivity index (χ4v) is 9.81. The van der Waals surface area contributed by atoms with Gasteiger partial charge in [0.1, 0.15) is 17.3 Å². The van der Waals surface area contributed by atoms with Crippen LogP contribution < -0.4 is 0 Å². The van der Waals surface area contributed by atoms with E-state index >= 15 is 0 Å². The molecule has 0 spiro atoms. The minimum absolute atomic E-state index is 0.0210. The summed E-state index contributed by atoms with van der Waals surface area (Å²) in [6.07, 6.45) is -4.69. The third-order valence-electron chi connectivity index (χ3n) is 13.1. The van der Waals surface area contributed by atoms with Crippen LogP contribution in [-0.4, -0.2) is 119 Å². The van der Waals surface area contributed by atoms with Crippen LogP contribution in [0.2, 0.25) is 0 Å². The van der Waals surface area contributed by atoms with Crippen LogP contribution in [0, 0.1) is 17.8 Å². The van der Waals surface area contributed by atoms with Crippen molar-refractivity contribution < 1.29 is 78.0 Å². The number of esters is 5. The first kappa shape index (κ1) is 42.4. The van der Waals surface area contributed by atoms with Gasteiger partial charge in [-0.15, -0.1) is 0 Å². The van der Waals surface area contributed by atoms with Crippen molar-refractivity contribution in [1.82, 2.24) is 0 Å². The second-order valence-corrected chi connectivity index (χ2v) is 16.9. The summed E-state index contributed by atoms with van der Waals surface area (Å²) >= 11 is 0. The number of allylic oxidation sites excluding steroid dienone is 2. The molecule has 0 amide bonds. The maximum atomic E-state index is 12.5. The maximum absolute atomic E-state index is 12.5. The Kier molecular flexibility index (Phi) is 10.6. The molecule has 16 nitrogen and oxygen atoms in total. The Bertz CT molecular complexity index is 1760.